The molecule has 35 heavy (non-hydrogen) atoms. The third-order valence-electron chi connectivity index (χ3n) is 7.11. The maximum Gasteiger partial charge on any atom is 0.248 e. The standard InChI is InChI=1S/C23H26FN5O5S/c1-35(33,34)21-20(14-6-15-4-5-16(7-14)28(15)19(32)11-31)27-23-17(9-26-29(23)22(21)25)12-2-3-13(10-30)18(24)8-12/h2-3,8-9,14-16,30-31H,4-7,10-11,25H2,1H3/t14-,15-,16+. The summed E-state index contributed by atoms with van der Waals surface area (Å²) in [4.78, 5) is 18.6. The number of nitrogens with zero attached hydrogens (tertiary/aromatic N) is 4. The Kier molecular flexibility index (Phi) is 5.77. The number of hydrogen-bond acceptors (Lipinski definition) is 8. The zero-order chi connectivity index (χ0) is 25.1. The molecule has 1 amide bonds. The van der Waals surface area contributed by atoms with E-state index in [-0.39, 0.29) is 40.2 Å². The van der Waals surface area contributed by atoms with Gasteiger partial charge < -0.3 is 20.8 Å². The summed E-state index contributed by atoms with van der Waals surface area (Å²) in [6, 6.07) is 4.13. The fourth-order valence-corrected chi connectivity index (χ4v) is 6.67. The van der Waals surface area contributed by atoms with Crippen LogP contribution in [0.5, 0.6) is 0 Å². The lowest BCUT2D eigenvalue weighted by Gasteiger charge is -2.39. The molecule has 1 aromatic carbocycles. The molecule has 0 unspecified atom stereocenters. The van der Waals surface area contributed by atoms with Crippen molar-refractivity contribution in [1.29, 1.82) is 0 Å². The SMILES string of the molecule is CS(=O)(=O)c1c([C@@H]2C[C@H]3CC[C@@H](C2)N3C(=O)CO)nc2c(-c3ccc(CO)c(F)c3)cnn2c1N. The Morgan fingerprint density at radius 2 is 1.91 bits per heavy atom. The molecule has 12 heteroatoms. The van der Waals surface area contributed by atoms with E-state index in [1.807, 2.05) is 0 Å². The second-order valence-electron chi connectivity index (χ2n) is 9.25. The summed E-state index contributed by atoms with van der Waals surface area (Å²) in [7, 11) is -3.78. The first-order chi connectivity index (χ1) is 16.6. The molecular weight excluding hydrogens is 477 g/mol. The van der Waals surface area contributed by atoms with Gasteiger partial charge in [-0.15, -0.1) is 0 Å². The minimum Gasteiger partial charge on any atom is -0.392 e. The van der Waals surface area contributed by atoms with Crippen molar-refractivity contribution in [3.8, 4) is 11.1 Å². The molecule has 5 rings (SSSR count). The Morgan fingerprint density at radius 3 is 2.49 bits per heavy atom. The Labute approximate surface area is 201 Å². The van der Waals surface area contributed by atoms with Crippen LogP contribution in [0.2, 0.25) is 0 Å². The molecule has 4 heterocycles. The molecule has 2 aromatic heterocycles. The molecular formula is C23H26FN5O5S. The van der Waals surface area contributed by atoms with Gasteiger partial charge in [0, 0.05) is 35.4 Å². The van der Waals surface area contributed by atoms with Gasteiger partial charge in [0.25, 0.3) is 0 Å². The first-order valence-corrected chi connectivity index (χ1v) is 13.2. The van der Waals surface area contributed by atoms with E-state index >= 15 is 0 Å². The first-order valence-electron chi connectivity index (χ1n) is 11.3. The number of amides is 1. The van der Waals surface area contributed by atoms with Crippen LogP contribution in [0.15, 0.2) is 29.3 Å². The van der Waals surface area contributed by atoms with Crippen LogP contribution in [0.3, 0.4) is 0 Å². The van der Waals surface area contributed by atoms with E-state index in [1.165, 1.54) is 22.8 Å². The number of aliphatic hydroxyl groups is 2. The summed E-state index contributed by atoms with van der Waals surface area (Å²) in [6.07, 6.45) is 5.06. The van der Waals surface area contributed by atoms with Crippen molar-refractivity contribution in [3.63, 3.8) is 0 Å². The second-order valence-corrected chi connectivity index (χ2v) is 11.2. The molecule has 3 aromatic rings. The van der Waals surface area contributed by atoms with Crippen molar-refractivity contribution in [1.82, 2.24) is 19.5 Å². The molecule has 2 bridgehead atoms. The maximum atomic E-state index is 14.4. The number of carbonyl (C=O) groups excluding carboxylic acids is 1. The number of rotatable bonds is 5. The first kappa shape index (κ1) is 23.6. The van der Waals surface area contributed by atoms with E-state index in [1.54, 1.807) is 11.0 Å². The molecule has 0 radical (unpaired) electrons. The van der Waals surface area contributed by atoms with Gasteiger partial charge in [0.15, 0.2) is 15.5 Å². The van der Waals surface area contributed by atoms with Crippen molar-refractivity contribution in [3.05, 3.63) is 41.5 Å². The van der Waals surface area contributed by atoms with Crippen LogP contribution in [-0.4, -0.2) is 69.0 Å². The zero-order valence-corrected chi connectivity index (χ0v) is 19.9. The molecule has 3 atom stereocenters. The van der Waals surface area contributed by atoms with Crippen molar-refractivity contribution in [2.24, 2.45) is 0 Å². The van der Waals surface area contributed by atoms with E-state index in [0.29, 0.717) is 35.3 Å². The highest BCUT2D eigenvalue weighted by atomic mass is 32.2. The van der Waals surface area contributed by atoms with Crippen LogP contribution < -0.4 is 5.73 Å². The Morgan fingerprint density at radius 1 is 1.23 bits per heavy atom. The van der Waals surface area contributed by atoms with E-state index < -0.39 is 28.9 Å². The van der Waals surface area contributed by atoms with Gasteiger partial charge in [-0.05, 0) is 37.3 Å². The largest absolute Gasteiger partial charge is 0.392 e. The Bertz CT molecular complexity index is 1430. The Balaban J connectivity index is 1.65. The molecule has 2 saturated heterocycles. The van der Waals surface area contributed by atoms with Crippen molar-refractivity contribution >= 4 is 27.2 Å². The lowest BCUT2D eigenvalue weighted by atomic mass is 9.87. The number of hydrogen-bond donors (Lipinski definition) is 3. The van der Waals surface area contributed by atoms with Gasteiger partial charge in [0.05, 0.1) is 18.5 Å². The normalized spacial score (nSPS) is 22.2. The van der Waals surface area contributed by atoms with E-state index in [0.717, 1.165) is 19.1 Å². The van der Waals surface area contributed by atoms with Gasteiger partial charge in [0.1, 0.15) is 23.1 Å². The third-order valence-corrected chi connectivity index (χ3v) is 8.27. The molecule has 2 fully saturated rings. The topological polar surface area (TPSA) is 151 Å². The van der Waals surface area contributed by atoms with Crippen LogP contribution in [0.25, 0.3) is 16.8 Å². The quantitative estimate of drug-likeness (QED) is 0.471. The minimum atomic E-state index is -3.78. The predicted molar refractivity (Wildman–Crippen MR) is 125 cm³/mol. The summed E-state index contributed by atoms with van der Waals surface area (Å²) in [5.74, 6) is -1.26. The number of nitrogens with two attached hydrogens (primary N) is 1. The number of halogens is 1. The van der Waals surface area contributed by atoms with Gasteiger partial charge in [-0.25, -0.2) is 17.8 Å². The summed E-state index contributed by atoms with van der Waals surface area (Å²) < 4.78 is 41.3. The minimum absolute atomic E-state index is 0.0765. The van der Waals surface area contributed by atoms with Gasteiger partial charge in [-0.1, -0.05) is 12.1 Å². The molecule has 2 aliphatic heterocycles. The van der Waals surface area contributed by atoms with E-state index in [2.05, 4.69) is 5.10 Å². The summed E-state index contributed by atoms with van der Waals surface area (Å²) in [6.45, 7) is -0.998. The number of fused-ring (bicyclic) bond motifs is 3. The second kappa shape index (κ2) is 8.54. The molecule has 10 nitrogen and oxygen atoms in total. The molecule has 0 spiro atoms. The summed E-state index contributed by atoms with van der Waals surface area (Å²) >= 11 is 0. The number of sulfone groups is 1. The average Bonchev–Trinajstić information content (AvgIpc) is 3.35. The highest BCUT2D eigenvalue weighted by molar-refractivity contribution is 7.91. The Hall–Kier alpha value is -3.09. The van der Waals surface area contributed by atoms with Crippen LogP contribution in [-0.2, 0) is 21.2 Å². The van der Waals surface area contributed by atoms with Gasteiger partial charge in [0.2, 0.25) is 5.91 Å². The number of piperidine rings is 1. The highest BCUT2D eigenvalue weighted by Gasteiger charge is 2.45. The number of aliphatic hydroxyl groups excluding tert-OH is 2. The fraction of sp³-hybridized carbons (Fsp3) is 0.435. The molecule has 186 valence electrons. The van der Waals surface area contributed by atoms with Crippen LogP contribution in [0.1, 0.15) is 42.9 Å². The average molecular weight is 504 g/mol. The molecule has 2 aliphatic rings. The summed E-state index contributed by atoms with van der Waals surface area (Å²) in [5, 5.41) is 22.9. The van der Waals surface area contributed by atoms with Crippen LogP contribution in [0.4, 0.5) is 10.2 Å². The van der Waals surface area contributed by atoms with E-state index in [4.69, 9.17) is 10.7 Å². The van der Waals surface area contributed by atoms with Crippen molar-refractivity contribution in [2.75, 3.05) is 18.6 Å². The fourth-order valence-electron chi connectivity index (χ4n) is 5.61. The van der Waals surface area contributed by atoms with Crippen molar-refractivity contribution < 1.29 is 27.8 Å². The van der Waals surface area contributed by atoms with Crippen LogP contribution >= 0.6 is 0 Å². The zero-order valence-electron chi connectivity index (χ0n) is 19.1. The van der Waals surface area contributed by atoms with Gasteiger partial charge in [-0.3, -0.25) is 4.79 Å². The number of anilines is 1. The van der Waals surface area contributed by atoms with Gasteiger partial charge >= 0.3 is 0 Å². The maximum absolute atomic E-state index is 14.4. The van der Waals surface area contributed by atoms with Crippen molar-refractivity contribution in [2.45, 2.75) is 55.2 Å². The van der Waals surface area contributed by atoms with E-state index in [9.17, 15) is 27.8 Å². The van der Waals surface area contributed by atoms with Crippen LogP contribution in [0, 0.1) is 5.82 Å². The predicted octanol–water partition coefficient (Wildman–Crippen LogP) is 1.24. The number of benzene rings is 1. The number of aromatic nitrogens is 3. The number of nitrogen functional groups attached to an aromatic ring is 1. The monoisotopic (exact) mass is 503 g/mol. The smallest absolute Gasteiger partial charge is 0.248 e. The lowest BCUT2D eigenvalue weighted by Crippen LogP contribution is -2.47. The molecule has 4 N–H and O–H groups in total. The third kappa shape index (κ3) is 3.85. The molecule has 0 saturated carbocycles. The molecule has 0 aliphatic carbocycles. The van der Waals surface area contributed by atoms with Gasteiger partial charge in [-0.2, -0.15) is 9.61 Å². The highest BCUT2D eigenvalue weighted by Crippen LogP contribution is 2.45. The lowest BCUT2D eigenvalue weighted by molar-refractivity contribution is -0.138. The summed E-state index contributed by atoms with van der Waals surface area (Å²) in [5.41, 5.74) is 8.03. The number of carbonyl (C=O) groups is 1.